The number of β-amino-alcohol motifs (C(OH)–C–C–N with tert-alkyl or cyclic N) is 1. The lowest BCUT2D eigenvalue weighted by molar-refractivity contribution is -0.121. The molecule has 1 atom stereocenters. The Morgan fingerprint density at radius 1 is 1.17 bits per heavy atom. The summed E-state index contributed by atoms with van der Waals surface area (Å²) in [5, 5.41) is 10.4. The molecule has 2 heterocycles. The molecule has 6 nitrogen and oxygen atoms in total. The normalized spacial score (nSPS) is 16.7. The minimum absolute atomic E-state index is 0.00612. The fraction of sp³-hybridized carbons (Fsp3) is 0.435. The third kappa shape index (κ3) is 4.71. The van der Waals surface area contributed by atoms with Gasteiger partial charge in [0.25, 0.3) is 0 Å². The van der Waals surface area contributed by atoms with Crippen LogP contribution in [0.5, 0.6) is 11.5 Å². The van der Waals surface area contributed by atoms with Gasteiger partial charge in [-0.2, -0.15) is 0 Å². The maximum absolute atomic E-state index is 12.3. The number of anilines is 1. The van der Waals surface area contributed by atoms with Gasteiger partial charge < -0.3 is 19.5 Å². The van der Waals surface area contributed by atoms with E-state index in [1.807, 2.05) is 37.4 Å². The van der Waals surface area contributed by atoms with Crippen LogP contribution in [-0.2, 0) is 17.9 Å². The molecule has 0 saturated heterocycles. The van der Waals surface area contributed by atoms with E-state index in [1.54, 1.807) is 0 Å². The standard InChI is InChI=1S/C23H28N2O4/c1-24-11-12-28-21-7-4-8-22(23(21)24)29-16-20(27)10-9-19(26)15-25-13-17-5-2-3-6-18(17)14-25/h2-8,19,26H,9-16H2,1H3/t19-/m1/s1. The number of para-hydroxylation sites is 1. The average molecular weight is 396 g/mol. The molecule has 6 heteroatoms. The van der Waals surface area contributed by atoms with E-state index in [0.29, 0.717) is 31.7 Å². The van der Waals surface area contributed by atoms with Crippen LogP contribution in [-0.4, -0.2) is 55.2 Å². The van der Waals surface area contributed by atoms with Crippen molar-refractivity contribution in [3.8, 4) is 11.5 Å². The quantitative estimate of drug-likeness (QED) is 0.740. The van der Waals surface area contributed by atoms with Gasteiger partial charge in [-0.05, 0) is 29.7 Å². The predicted octanol–water partition coefficient (Wildman–Crippen LogP) is 2.62. The molecule has 0 saturated carbocycles. The van der Waals surface area contributed by atoms with Crippen molar-refractivity contribution >= 4 is 11.5 Å². The minimum Gasteiger partial charge on any atom is -0.489 e. The molecule has 0 unspecified atom stereocenters. The summed E-state index contributed by atoms with van der Waals surface area (Å²) in [4.78, 5) is 16.6. The second kappa shape index (κ2) is 8.84. The number of ether oxygens (including phenoxy) is 2. The van der Waals surface area contributed by atoms with E-state index in [0.717, 1.165) is 31.1 Å². The fourth-order valence-electron chi connectivity index (χ4n) is 4.00. The molecule has 0 radical (unpaired) electrons. The number of carbonyl (C=O) groups is 1. The first-order valence-corrected chi connectivity index (χ1v) is 10.2. The summed E-state index contributed by atoms with van der Waals surface area (Å²) in [5.74, 6) is 1.44. The Labute approximate surface area is 171 Å². The monoisotopic (exact) mass is 396 g/mol. The zero-order chi connectivity index (χ0) is 20.2. The Bertz CT molecular complexity index is 845. The number of ketones is 1. The Kier molecular flexibility index (Phi) is 6.02. The van der Waals surface area contributed by atoms with E-state index in [2.05, 4.69) is 21.9 Å². The summed E-state index contributed by atoms with van der Waals surface area (Å²) in [6.45, 7) is 3.74. The molecule has 2 aliphatic heterocycles. The lowest BCUT2D eigenvalue weighted by atomic mass is 10.1. The second-order valence-corrected chi connectivity index (χ2v) is 7.83. The number of Topliss-reactive ketones (excluding diaryl/α,β-unsaturated/α-hetero) is 1. The van der Waals surface area contributed by atoms with Crippen molar-refractivity contribution in [2.45, 2.75) is 32.0 Å². The maximum atomic E-state index is 12.3. The minimum atomic E-state index is -0.516. The van der Waals surface area contributed by atoms with Gasteiger partial charge >= 0.3 is 0 Å². The third-order valence-electron chi connectivity index (χ3n) is 5.55. The SMILES string of the molecule is CN1CCOc2cccc(OCC(=O)CC[C@@H](O)CN3Cc4ccccc4C3)c21. The number of aliphatic hydroxyl groups is 1. The van der Waals surface area contributed by atoms with E-state index in [9.17, 15) is 9.90 Å². The van der Waals surface area contributed by atoms with Crippen LogP contribution in [0.1, 0.15) is 24.0 Å². The largest absolute Gasteiger partial charge is 0.489 e. The van der Waals surface area contributed by atoms with Crippen LogP contribution < -0.4 is 14.4 Å². The Morgan fingerprint density at radius 2 is 1.93 bits per heavy atom. The lowest BCUT2D eigenvalue weighted by Gasteiger charge is -2.29. The van der Waals surface area contributed by atoms with Crippen molar-refractivity contribution in [1.29, 1.82) is 0 Å². The smallest absolute Gasteiger partial charge is 0.170 e. The van der Waals surface area contributed by atoms with Gasteiger partial charge in [0.15, 0.2) is 5.78 Å². The lowest BCUT2D eigenvalue weighted by Crippen LogP contribution is -2.30. The zero-order valence-electron chi connectivity index (χ0n) is 16.8. The van der Waals surface area contributed by atoms with Crippen molar-refractivity contribution in [3.63, 3.8) is 0 Å². The number of likely N-dealkylation sites (N-methyl/N-ethyl adjacent to an activating group) is 1. The highest BCUT2D eigenvalue weighted by atomic mass is 16.5. The Hall–Kier alpha value is -2.57. The molecule has 2 aromatic carbocycles. The number of nitrogens with zero attached hydrogens (tertiary/aromatic N) is 2. The van der Waals surface area contributed by atoms with Gasteiger partial charge in [-0.3, -0.25) is 9.69 Å². The number of hydrogen-bond acceptors (Lipinski definition) is 6. The van der Waals surface area contributed by atoms with E-state index in [-0.39, 0.29) is 12.4 Å². The van der Waals surface area contributed by atoms with Crippen LogP contribution in [0, 0.1) is 0 Å². The first-order chi connectivity index (χ1) is 14.1. The zero-order valence-corrected chi connectivity index (χ0v) is 16.8. The molecule has 4 rings (SSSR count). The summed E-state index contributed by atoms with van der Waals surface area (Å²) in [6, 6.07) is 14.0. The number of rotatable bonds is 8. The summed E-state index contributed by atoms with van der Waals surface area (Å²) < 4.78 is 11.4. The molecule has 2 aliphatic rings. The van der Waals surface area contributed by atoms with Crippen LogP contribution in [0.2, 0.25) is 0 Å². The molecule has 0 amide bonds. The van der Waals surface area contributed by atoms with Crippen molar-refractivity contribution < 1.29 is 19.4 Å². The molecule has 2 aromatic rings. The molecule has 0 spiro atoms. The summed E-state index contributed by atoms with van der Waals surface area (Å²) in [5.41, 5.74) is 3.54. The number of hydrogen-bond donors (Lipinski definition) is 1. The Balaban J connectivity index is 1.22. The van der Waals surface area contributed by atoms with Crippen LogP contribution in [0.3, 0.4) is 0 Å². The van der Waals surface area contributed by atoms with Crippen LogP contribution in [0.25, 0.3) is 0 Å². The molecular weight excluding hydrogens is 368 g/mol. The fourth-order valence-corrected chi connectivity index (χ4v) is 4.00. The predicted molar refractivity (Wildman–Crippen MR) is 112 cm³/mol. The van der Waals surface area contributed by atoms with Gasteiger partial charge in [0.1, 0.15) is 30.4 Å². The van der Waals surface area contributed by atoms with E-state index >= 15 is 0 Å². The molecule has 1 N–H and O–H groups in total. The highest BCUT2D eigenvalue weighted by Crippen LogP contribution is 2.39. The first kappa shape index (κ1) is 19.7. The maximum Gasteiger partial charge on any atom is 0.170 e. The molecular formula is C23H28N2O4. The topological polar surface area (TPSA) is 62.2 Å². The first-order valence-electron chi connectivity index (χ1n) is 10.2. The summed E-state index contributed by atoms with van der Waals surface area (Å²) >= 11 is 0. The van der Waals surface area contributed by atoms with E-state index in [1.165, 1.54) is 11.1 Å². The highest BCUT2D eigenvalue weighted by Gasteiger charge is 2.22. The molecule has 0 fully saturated rings. The van der Waals surface area contributed by atoms with Crippen molar-refractivity contribution in [3.05, 3.63) is 53.6 Å². The van der Waals surface area contributed by atoms with Crippen molar-refractivity contribution in [2.24, 2.45) is 0 Å². The molecule has 29 heavy (non-hydrogen) atoms. The highest BCUT2D eigenvalue weighted by molar-refractivity contribution is 5.80. The van der Waals surface area contributed by atoms with Gasteiger partial charge in [-0.15, -0.1) is 0 Å². The van der Waals surface area contributed by atoms with Gasteiger partial charge in [-0.1, -0.05) is 30.3 Å². The van der Waals surface area contributed by atoms with Crippen LogP contribution >= 0.6 is 0 Å². The molecule has 0 aromatic heterocycles. The average Bonchev–Trinajstić information content (AvgIpc) is 3.13. The number of benzene rings is 2. The molecule has 0 bridgehead atoms. The van der Waals surface area contributed by atoms with E-state index in [4.69, 9.17) is 9.47 Å². The number of aliphatic hydroxyl groups excluding tert-OH is 1. The second-order valence-electron chi connectivity index (χ2n) is 7.83. The van der Waals surface area contributed by atoms with Crippen LogP contribution in [0.15, 0.2) is 42.5 Å². The van der Waals surface area contributed by atoms with Gasteiger partial charge in [-0.25, -0.2) is 0 Å². The Morgan fingerprint density at radius 3 is 2.69 bits per heavy atom. The number of fused-ring (bicyclic) bond motifs is 2. The summed E-state index contributed by atoms with van der Waals surface area (Å²) in [6.07, 6.45) is 0.242. The van der Waals surface area contributed by atoms with Crippen molar-refractivity contribution in [1.82, 2.24) is 4.90 Å². The van der Waals surface area contributed by atoms with Gasteiger partial charge in [0.2, 0.25) is 0 Å². The third-order valence-corrected chi connectivity index (χ3v) is 5.55. The van der Waals surface area contributed by atoms with E-state index < -0.39 is 6.10 Å². The van der Waals surface area contributed by atoms with Crippen molar-refractivity contribution in [2.75, 3.05) is 38.3 Å². The summed E-state index contributed by atoms with van der Waals surface area (Å²) in [7, 11) is 1.99. The van der Waals surface area contributed by atoms with Gasteiger partial charge in [0, 0.05) is 33.1 Å². The van der Waals surface area contributed by atoms with Gasteiger partial charge in [0.05, 0.1) is 12.6 Å². The number of carbonyl (C=O) groups excluding carboxylic acids is 1. The van der Waals surface area contributed by atoms with Crippen LogP contribution in [0.4, 0.5) is 5.69 Å². The molecule has 154 valence electrons. The molecule has 0 aliphatic carbocycles.